The normalized spacial score (nSPS) is 11.0. The Hall–Kier alpha value is -1.59. The van der Waals surface area contributed by atoms with Crippen molar-refractivity contribution in [1.29, 1.82) is 0 Å². The van der Waals surface area contributed by atoms with Gasteiger partial charge in [-0.05, 0) is 52.4 Å². The molecule has 21 heavy (non-hydrogen) atoms. The highest BCUT2D eigenvalue weighted by atomic mass is 79.9. The van der Waals surface area contributed by atoms with Gasteiger partial charge in [0.1, 0.15) is 4.88 Å². The number of halogens is 1. The minimum absolute atomic E-state index is 0.0191. The molecule has 0 aliphatic carbocycles. The summed E-state index contributed by atoms with van der Waals surface area (Å²) in [5, 5.41) is 6.13. The molecular formula is C16H15BrN2OS. The van der Waals surface area contributed by atoms with Crippen LogP contribution in [0, 0.1) is 6.92 Å². The minimum Gasteiger partial charge on any atom is -0.358 e. The zero-order valence-electron chi connectivity index (χ0n) is 11.6. The summed E-state index contributed by atoms with van der Waals surface area (Å²) in [6.07, 6.45) is 0.824. The van der Waals surface area contributed by atoms with E-state index in [1.807, 2.05) is 23.6 Å². The Bertz CT molecular complexity index is 791. The van der Waals surface area contributed by atoms with E-state index < -0.39 is 0 Å². The first-order chi connectivity index (χ1) is 10.2. The van der Waals surface area contributed by atoms with E-state index in [1.54, 1.807) is 0 Å². The van der Waals surface area contributed by atoms with Crippen molar-refractivity contribution >= 4 is 44.1 Å². The third kappa shape index (κ3) is 2.89. The Morgan fingerprint density at radius 2 is 2.14 bits per heavy atom. The average molecular weight is 363 g/mol. The quantitative estimate of drug-likeness (QED) is 0.714. The van der Waals surface area contributed by atoms with E-state index in [4.69, 9.17) is 0 Å². The Morgan fingerprint density at radius 3 is 2.90 bits per heavy atom. The van der Waals surface area contributed by atoms with Crippen LogP contribution in [0.1, 0.15) is 20.9 Å². The molecule has 0 saturated heterocycles. The van der Waals surface area contributed by atoms with Crippen molar-refractivity contribution in [2.24, 2.45) is 0 Å². The van der Waals surface area contributed by atoms with Crippen molar-refractivity contribution in [1.82, 2.24) is 10.3 Å². The van der Waals surface area contributed by atoms with Crippen molar-refractivity contribution in [2.75, 3.05) is 6.54 Å². The monoisotopic (exact) mass is 362 g/mol. The van der Waals surface area contributed by atoms with Crippen molar-refractivity contribution in [3.8, 4) is 0 Å². The van der Waals surface area contributed by atoms with E-state index >= 15 is 0 Å². The highest BCUT2D eigenvalue weighted by molar-refractivity contribution is 9.10. The van der Waals surface area contributed by atoms with Gasteiger partial charge in [0.15, 0.2) is 0 Å². The second kappa shape index (κ2) is 6.03. The maximum Gasteiger partial charge on any atom is 0.262 e. The molecule has 0 bridgehead atoms. The summed E-state index contributed by atoms with van der Waals surface area (Å²) in [4.78, 5) is 16.2. The van der Waals surface area contributed by atoms with Crippen LogP contribution in [-0.4, -0.2) is 17.4 Å². The molecule has 2 N–H and O–H groups in total. The molecular weight excluding hydrogens is 348 g/mol. The van der Waals surface area contributed by atoms with Gasteiger partial charge in [-0.2, -0.15) is 0 Å². The summed E-state index contributed by atoms with van der Waals surface area (Å²) in [5.74, 6) is -0.0191. The number of benzene rings is 1. The Balaban J connectivity index is 1.69. The van der Waals surface area contributed by atoms with Crippen molar-refractivity contribution in [2.45, 2.75) is 13.3 Å². The maximum absolute atomic E-state index is 12.1. The number of thiophene rings is 1. The Labute approximate surface area is 135 Å². The number of hydrogen-bond acceptors (Lipinski definition) is 2. The number of aryl methyl sites for hydroxylation is 1. The molecule has 0 fully saturated rings. The summed E-state index contributed by atoms with van der Waals surface area (Å²) in [5.41, 5.74) is 3.59. The SMILES string of the molecule is Cc1[nH]c2ccccc2c1CCNC(=O)c1sccc1Br. The second-order valence-electron chi connectivity index (χ2n) is 4.88. The van der Waals surface area contributed by atoms with Gasteiger partial charge < -0.3 is 10.3 Å². The molecule has 5 heteroatoms. The van der Waals surface area contributed by atoms with Crippen LogP contribution in [-0.2, 0) is 6.42 Å². The maximum atomic E-state index is 12.1. The number of carbonyl (C=O) groups is 1. The number of amides is 1. The fraction of sp³-hybridized carbons (Fsp3) is 0.188. The summed E-state index contributed by atoms with van der Waals surface area (Å²) < 4.78 is 0.855. The third-order valence-corrected chi connectivity index (χ3v) is 5.35. The molecule has 0 saturated carbocycles. The van der Waals surface area contributed by atoms with Crippen LogP contribution >= 0.6 is 27.3 Å². The standard InChI is InChI=1S/C16H15BrN2OS/c1-10-11(12-4-2-3-5-14(12)19-10)6-8-18-16(20)15-13(17)7-9-21-15/h2-5,7,9,19H,6,8H2,1H3,(H,18,20). The average Bonchev–Trinajstić information content (AvgIpc) is 3.03. The molecule has 0 atom stereocenters. The van der Waals surface area contributed by atoms with Crippen molar-refractivity contribution in [3.63, 3.8) is 0 Å². The van der Waals surface area contributed by atoms with Gasteiger partial charge in [0.05, 0.1) is 0 Å². The molecule has 1 aromatic carbocycles. The van der Waals surface area contributed by atoms with Gasteiger partial charge in [-0.25, -0.2) is 0 Å². The number of aromatic amines is 1. The lowest BCUT2D eigenvalue weighted by Crippen LogP contribution is -2.25. The van der Waals surface area contributed by atoms with Crippen LogP contribution in [0.25, 0.3) is 10.9 Å². The number of nitrogens with one attached hydrogen (secondary N) is 2. The predicted octanol–water partition coefficient (Wildman–Crippen LogP) is 4.27. The highest BCUT2D eigenvalue weighted by Crippen LogP contribution is 2.23. The van der Waals surface area contributed by atoms with Gasteiger partial charge in [-0.3, -0.25) is 4.79 Å². The van der Waals surface area contributed by atoms with Crippen LogP contribution < -0.4 is 5.32 Å². The van der Waals surface area contributed by atoms with Gasteiger partial charge in [0.25, 0.3) is 5.91 Å². The zero-order chi connectivity index (χ0) is 14.8. The van der Waals surface area contributed by atoms with Crippen LogP contribution in [0.4, 0.5) is 0 Å². The first kappa shape index (κ1) is 14.4. The van der Waals surface area contributed by atoms with Gasteiger partial charge in [-0.1, -0.05) is 18.2 Å². The first-order valence-corrected chi connectivity index (χ1v) is 8.41. The summed E-state index contributed by atoms with van der Waals surface area (Å²) in [6.45, 7) is 2.71. The summed E-state index contributed by atoms with van der Waals surface area (Å²) in [6, 6.07) is 10.2. The van der Waals surface area contributed by atoms with Crippen LogP contribution in [0.5, 0.6) is 0 Å². The molecule has 2 heterocycles. The molecule has 0 unspecified atom stereocenters. The van der Waals surface area contributed by atoms with E-state index in [0.29, 0.717) is 6.54 Å². The van der Waals surface area contributed by atoms with Crippen molar-refractivity contribution < 1.29 is 4.79 Å². The van der Waals surface area contributed by atoms with Gasteiger partial charge in [-0.15, -0.1) is 11.3 Å². The van der Waals surface area contributed by atoms with E-state index in [9.17, 15) is 4.79 Å². The lowest BCUT2D eigenvalue weighted by molar-refractivity contribution is 0.0957. The minimum atomic E-state index is -0.0191. The second-order valence-corrected chi connectivity index (χ2v) is 6.65. The summed E-state index contributed by atoms with van der Waals surface area (Å²) >= 11 is 4.83. The molecule has 3 rings (SSSR count). The number of para-hydroxylation sites is 1. The zero-order valence-corrected chi connectivity index (χ0v) is 14.0. The number of rotatable bonds is 4. The molecule has 0 radical (unpaired) electrons. The lowest BCUT2D eigenvalue weighted by Gasteiger charge is -2.05. The van der Waals surface area contributed by atoms with Crippen LogP contribution in [0.15, 0.2) is 40.2 Å². The highest BCUT2D eigenvalue weighted by Gasteiger charge is 2.12. The van der Waals surface area contributed by atoms with Gasteiger partial charge >= 0.3 is 0 Å². The van der Waals surface area contributed by atoms with E-state index in [-0.39, 0.29) is 5.91 Å². The molecule has 2 aromatic heterocycles. The lowest BCUT2D eigenvalue weighted by atomic mass is 10.1. The Morgan fingerprint density at radius 1 is 1.33 bits per heavy atom. The van der Waals surface area contributed by atoms with Crippen molar-refractivity contribution in [3.05, 3.63) is 56.3 Å². The van der Waals surface area contributed by atoms with Crippen LogP contribution in [0.3, 0.4) is 0 Å². The molecule has 0 aliphatic rings. The topological polar surface area (TPSA) is 44.9 Å². The number of hydrogen-bond donors (Lipinski definition) is 2. The number of carbonyl (C=O) groups excluding carboxylic acids is 1. The number of H-pyrrole nitrogens is 1. The van der Waals surface area contributed by atoms with E-state index in [0.717, 1.165) is 21.3 Å². The number of fused-ring (bicyclic) bond motifs is 1. The molecule has 0 aliphatic heterocycles. The molecule has 0 spiro atoms. The summed E-state index contributed by atoms with van der Waals surface area (Å²) in [7, 11) is 0. The molecule has 3 nitrogen and oxygen atoms in total. The number of aromatic nitrogens is 1. The van der Waals surface area contributed by atoms with Gasteiger partial charge in [0, 0.05) is 27.6 Å². The fourth-order valence-corrected chi connectivity index (χ4v) is 3.96. The molecule has 108 valence electrons. The van der Waals surface area contributed by atoms with E-state index in [2.05, 4.69) is 45.3 Å². The first-order valence-electron chi connectivity index (χ1n) is 6.74. The smallest absolute Gasteiger partial charge is 0.262 e. The van der Waals surface area contributed by atoms with Gasteiger partial charge in [0.2, 0.25) is 0 Å². The third-order valence-electron chi connectivity index (χ3n) is 3.51. The molecule has 1 amide bonds. The largest absolute Gasteiger partial charge is 0.358 e. The van der Waals surface area contributed by atoms with E-state index in [1.165, 1.54) is 28.0 Å². The Kier molecular flexibility index (Phi) is 4.12. The molecule has 3 aromatic rings. The fourth-order valence-electron chi connectivity index (χ4n) is 2.49. The van der Waals surface area contributed by atoms with Crippen LogP contribution in [0.2, 0.25) is 0 Å². The predicted molar refractivity (Wildman–Crippen MR) is 91.1 cm³/mol.